The van der Waals surface area contributed by atoms with Crippen molar-refractivity contribution in [3.63, 3.8) is 0 Å². The first-order valence-corrected chi connectivity index (χ1v) is 8.77. The average Bonchev–Trinajstić information content (AvgIpc) is 2.69. The normalized spacial score (nSPS) is 18.4. The smallest absolute Gasteiger partial charge is 0.386 e. The maximum absolute atomic E-state index is 12.6. The molecule has 29 heavy (non-hydrogen) atoms. The Hall–Kier alpha value is -2.91. The maximum atomic E-state index is 12.6. The van der Waals surface area contributed by atoms with Crippen molar-refractivity contribution >= 4 is 17.5 Å². The highest BCUT2D eigenvalue weighted by Crippen LogP contribution is 2.29. The number of likely N-dealkylation sites (N-methyl/N-ethyl adjacent to an activating group) is 1. The monoisotopic (exact) mass is 408 g/mol. The van der Waals surface area contributed by atoms with E-state index in [4.69, 9.17) is 4.74 Å². The molecule has 0 spiro atoms. The summed E-state index contributed by atoms with van der Waals surface area (Å²) >= 11 is 0. The molecule has 2 amide bonds. The van der Waals surface area contributed by atoms with E-state index in [2.05, 4.69) is 5.32 Å². The number of hydrogen-bond acceptors (Lipinski definition) is 4. The largest absolute Gasteiger partial charge is 0.416 e. The van der Waals surface area contributed by atoms with Crippen LogP contribution in [0.25, 0.3) is 0 Å². The third-order valence-corrected chi connectivity index (χ3v) is 4.75. The molecule has 0 radical (unpaired) electrons. The predicted octanol–water partition coefficient (Wildman–Crippen LogP) is 2.85. The summed E-state index contributed by atoms with van der Waals surface area (Å²) < 4.78 is 43.0. The highest BCUT2D eigenvalue weighted by Gasteiger charge is 2.32. The minimum Gasteiger partial charge on any atom is -0.386 e. The number of aliphatic hydroxyl groups is 1. The predicted molar refractivity (Wildman–Crippen MR) is 98.2 cm³/mol. The van der Waals surface area contributed by atoms with Gasteiger partial charge in [0.15, 0.2) is 0 Å². The second-order valence-corrected chi connectivity index (χ2v) is 6.68. The van der Waals surface area contributed by atoms with Gasteiger partial charge in [-0.2, -0.15) is 13.2 Å². The van der Waals surface area contributed by atoms with Crippen LogP contribution in [-0.4, -0.2) is 48.1 Å². The SMILES string of the molecule is CN1C(=O)COC[C@@H]1[C@H](O)c1ccc(NC(=O)c2ccc(C(F)(F)F)cc2)cc1. The van der Waals surface area contributed by atoms with Crippen LogP contribution in [-0.2, 0) is 15.7 Å². The molecule has 0 aliphatic carbocycles. The molecule has 2 aromatic rings. The van der Waals surface area contributed by atoms with Crippen LogP contribution in [0.3, 0.4) is 0 Å². The minimum atomic E-state index is -4.46. The molecule has 1 saturated heterocycles. The zero-order valence-corrected chi connectivity index (χ0v) is 15.4. The molecule has 1 aliphatic heterocycles. The van der Waals surface area contributed by atoms with Crippen LogP contribution in [0.1, 0.15) is 27.6 Å². The maximum Gasteiger partial charge on any atom is 0.416 e. The van der Waals surface area contributed by atoms with Gasteiger partial charge in [0.25, 0.3) is 5.91 Å². The minimum absolute atomic E-state index is 0.0192. The Bertz CT molecular complexity index is 882. The second kappa shape index (κ2) is 8.22. The van der Waals surface area contributed by atoms with Gasteiger partial charge in [-0.15, -0.1) is 0 Å². The number of rotatable bonds is 4. The Morgan fingerprint density at radius 3 is 2.38 bits per heavy atom. The molecule has 0 saturated carbocycles. The van der Waals surface area contributed by atoms with E-state index in [0.29, 0.717) is 11.3 Å². The van der Waals surface area contributed by atoms with Crippen LogP contribution in [0.2, 0.25) is 0 Å². The molecule has 3 rings (SSSR count). The van der Waals surface area contributed by atoms with Crippen molar-refractivity contribution in [3.8, 4) is 0 Å². The van der Waals surface area contributed by atoms with Crippen LogP contribution in [0, 0.1) is 0 Å². The lowest BCUT2D eigenvalue weighted by molar-refractivity contribution is -0.151. The third-order valence-electron chi connectivity index (χ3n) is 4.75. The molecule has 2 atom stereocenters. The number of carbonyl (C=O) groups excluding carboxylic acids is 2. The Morgan fingerprint density at radius 1 is 1.17 bits per heavy atom. The standard InChI is InChI=1S/C20H19F3N2O4/c1-25-16(10-29-11-17(25)26)18(27)12-4-8-15(9-5-12)24-19(28)13-2-6-14(7-3-13)20(21,22)23/h2-9,16,18,27H,10-11H2,1H3,(H,24,28)/t16-,18-/m1/s1. The number of halogens is 3. The van der Waals surface area contributed by atoms with E-state index < -0.39 is 29.8 Å². The van der Waals surface area contributed by atoms with Crippen molar-refractivity contribution in [2.45, 2.75) is 18.3 Å². The summed E-state index contributed by atoms with van der Waals surface area (Å²) in [5.74, 6) is -0.779. The van der Waals surface area contributed by atoms with Crippen molar-refractivity contribution in [3.05, 3.63) is 65.2 Å². The molecule has 1 fully saturated rings. The quantitative estimate of drug-likeness (QED) is 0.816. The molecule has 0 bridgehead atoms. The summed E-state index contributed by atoms with van der Waals surface area (Å²) in [6.45, 7) is 0.185. The summed E-state index contributed by atoms with van der Waals surface area (Å²) in [5.41, 5.74) is 0.201. The van der Waals surface area contributed by atoms with E-state index in [0.717, 1.165) is 24.3 Å². The molecule has 1 heterocycles. The summed E-state index contributed by atoms with van der Waals surface area (Å²) in [6, 6.07) is 9.69. The number of nitrogens with one attached hydrogen (secondary N) is 1. The summed E-state index contributed by atoms with van der Waals surface area (Å²) in [5, 5.41) is 13.1. The van der Waals surface area contributed by atoms with Crippen molar-refractivity contribution in [2.75, 3.05) is 25.6 Å². The number of aliphatic hydroxyl groups excluding tert-OH is 1. The Kier molecular flexibility index (Phi) is 5.90. The first-order chi connectivity index (χ1) is 13.7. The van der Waals surface area contributed by atoms with Gasteiger partial charge in [0.1, 0.15) is 12.7 Å². The van der Waals surface area contributed by atoms with Crippen molar-refractivity contribution < 1.29 is 32.6 Å². The van der Waals surface area contributed by atoms with E-state index in [9.17, 15) is 27.9 Å². The Balaban J connectivity index is 1.65. The van der Waals surface area contributed by atoms with E-state index in [-0.39, 0.29) is 24.7 Å². The van der Waals surface area contributed by atoms with Gasteiger partial charge in [-0.1, -0.05) is 12.1 Å². The van der Waals surface area contributed by atoms with Crippen molar-refractivity contribution in [1.82, 2.24) is 4.90 Å². The number of carbonyl (C=O) groups is 2. The second-order valence-electron chi connectivity index (χ2n) is 6.68. The number of ether oxygens (including phenoxy) is 1. The molecule has 2 N–H and O–H groups in total. The molecular weight excluding hydrogens is 389 g/mol. The number of anilines is 1. The van der Waals surface area contributed by atoms with Gasteiger partial charge in [-0.25, -0.2) is 0 Å². The van der Waals surface area contributed by atoms with Crippen LogP contribution < -0.4 is 5.32 Å². The van der Waals surface area contributed by atoms with Gasteiger partial charge in [0, 0.05) is 18.3 Å². The number of amides is 2. The molecule has 0 aromatic heterocycles. The fraction of sp³-hybridized carbons (Fsp3) is 0.300. The fourth-order valence-corrected chi connectivity index (χ4v) is 2.97. The van der Waals surface area contributed by atoms with Crippen LogP contribution in [0.5, 0.6) is 0 Å². The zero-order chi connectivity index (χ0) is 21.2. The highest BCUT2D eigenvalue weighted by atomic mass is 19.4. The summed E-state index contributed by atoms with van der Waals surface area (Å²) in [6.07, 6.45) is -5.43. The van der Waals surface area contributed by atoms with Gasteiger partial charge < -0.3 is 20.1 Å². The fourth-order valence-electron chi connectivity index (χ4n) is 2.97. The lowest BCUT2D eigenvalue weighted by Crippen LogP contribution is -2.49. The molecule has 0 unspecified atom stereocenters. The molecule has 6 nitrogen and oxygen atoms in total. The van der Waals surface area contributed by atoms with Crippen LogP contribution in [0.4, 0.5) is 18.9 Å². The molecular formula is C20H19F3N2O4. The molecule has 2 aromatic carbocycles. The van der Waals surface area contributed by atoms with E-state index in [1.54, 1.807) is 31.3 Å². The van der Waals surface area contributed by atoms with E-state index >= 15 is 0 Å². The first-order valence-electron chi connectivity index (χ1n) is 8.77. The van der Waals surface area contributed by atoms with Crippen molar-refractivity contribution in [1.29, 1.82) is 0 Å². The first kappa shape index (κ1) is 20.8. The van der Waals surface area contributed by atoms with E-state index in [1.807, 2.05) is 0 Å². The van der Waals surface area contributed by atoms with Crippen LogP contribution in [0.15, 0.2) is 48.5 Å². The number of nitrogens with zero attached hydrogens (tertiary/aromatic N) is 1. The van der Waals surface area contributed by atoms with Gasteiger partial charge in [0.2, 0.25) is 5.91 Å². The Morgan fingerprint density at radius 2 is 1.79 bits per heavy atom. The summed E-state index contributed by atoms with van der Waals surface area (Å²) in [7, 11) is 1.59. The van der Waals surface area contributed by atoms with Gasteiger partial charge in [-0.05, 0) is 42.0 Å². The lowest BCUT2D eigenvalue weighted by Gasteiger charge is -2.35. The molecule has 1 aliphatic rings. The van der Waals surface area contributed by atoms with Gasteiger partial charge in [-0.3, -0.25) is 9.59 Å². The van der Waals surface area contributed by atoms with E-state index in [1.165, 1.54) is 4.90 Å². The topological polar surface area (TPSA) is 78.9 Å². The van der Waals surface area contributed by atoms with Gasteiger partial charge in [0.05, 0.1) is 18.2 Å². The number of morpholine rings is 1. The zero-order valence-electron chi connectivity index (χ0n) is 15.4. The molecule has 154 valence electrons. The lowest BCUT2D eigenvalue weighted by atomic mass is 10.0. The summed E-state index contributed by atoms with van der Waals surface area (Å²) in [4.78, 5) is 25.4. The van der Waals surface area contributed by atoms with Crippen molar-refractivity contribution in [2.24, 2.45) is 0 Å². The number of benzene rings is 2. The number of alkyl halides is 3. The number of hydrogen-bond donors (Lipinski definition) is 2. The highest BCUT2D eigenvalue weighted by molar-refractivity contribution is 6.04. The third kappa shape index (κ3) is 4.75. The average molecular weight is 408 g/mol. The van der Waals surface area contributed by atoms with Crippen LogP contribution >= 0.6 is 0 Å². The molecule has 9 heteroatoms. The Labute approximate surface area is 164 Å². The van der Waals surface area contributed by atoms with Gasteiger partial charge >= 0.3 is 6.18 Å².